The van der Waals surface area contributed by atoms with Crippen LogP contribution in [0.25, 0.3) is 10.2 Å². The fourth-order valence-corrected chi connectivity index (χ4v) is 4.82. The first-order valence-corrected chi connectivity index (χ1v) is 11.0. The van der Waals surface area contributed by atoms with Gasteiger partial charge in [-0.3, -0.25) is 19.0 Å². The molecule has 0 saturated carbocycles. The summed E-state index contributed by atoms with van der Waals surface area (Å²) in [5.41, 5.74) is 0.699. The van der Waals surface area contributed by atoms with Crippen molar-refractivity contribution in [3.05, 3.63) is 45.3 Å². The van der Waals surface area contributed by atoms with Crippen LogP contribution in [0.15, 0.2) is 29.3 Å². The molecule has 1 aliphatic rings. The number of amides is 2. The molecule has 0 aliphatic carbocycles. The standard InChI is InChI=1S/C22H24N4O5S/c1-13-18-21(23-12-26(22(18)29)11-17(27)25-8-4-5-9-25)32-19(13)20(28)24-15-7-6-14(30-2)10-16(15)31-3/h6-7,10,12H,4-5,8-9,11H2,1-3H3,(H,24,28). The highest BCUT2D eigenvalue weighted by Gasteiger charge is 2.23. The average molecular weight is 457 g/mol. The van der Waals surface area contributed by atoms with Crippen molar-refractivity contribution in [2.45, 2.75) is 26.3 Å². The van der Waals surface area contributed by atoms with Gasteiger partial charge in [0, 0.05) is 19.2 Å². The van der Waals surface area contributed by atoms with Gasteiger partial charge in [-0.1, -0.05) is 0 Å². The van der Waals surface area contributed by atoms with Crippen LogP contribution in [0.5, 0.6) is 11.5 Å². The zero-order chi connectivity index (χ0) is 22.8. The van der Waals surface area contributed by atoms with Gasteiger partial charge in [-0.25, -0.2) is 4.98 Å². The molecule has 0 bridgehead atoms. The number of nitrogens with one attached hydrogen (secondary N) is 1. The zero-order valence-electron chi connectivity index (χ0n) is 18.1. The second kappa shape index (κ2) is 8.99. The van der Waals surface area contributed by atoms with E-state index in [-0.39, 0.29) is 23.9 Å². The number of anilines is 1. The average Bonchev–Trinajstić information content (AvgIpc) is 3.44. The summed E-state index contributed by atoms with van der Waals surface area (Å²) in [6.07, 6.45) is 3.35. The van der Waals surface area contributed by atoms with Crippen LogP contribution in [0, 0.1) is 6.92 Å². The minimum atomic E-state index is -0.368. The van der Waals surface area contributed by atoms with Gasteiger partial charge in [0.25, 0.3) is 11.5 Å². The highest BCUT2D eigenvalue weighted by atomic mass is 32.1. The van der Waals surface area contributed by atoms with E-state index in [4.69, 9.17) is 9.47 Å². The number of carbonyl (C=O) groups excluding carboxylic acids is 2. The van der Waals surface area contributed by atoms with E-state index in [2.05, 4.69) is 10.3 Å². The van der Waals surface area contributed by atoms with Crippen molar-refractivity contribution in [1.82, 2.24) is 14.5 Å². The largest absolute Gasteiger partial charge is 0.497 e. The van der Waals surface area contributed by atoms with E-state index in [0.29, 0.717) is 37.8 Å². The van der Waals surface area contributed by atoms with Crippen molar-refractivity contribution < 1.29 is 19.1 Å². The SMILES string of the molecule is COc1ccc(NC(=O)c2sc3ncn(CC(=O)N4CCCC4)c(=O)c3c2C)c(OC)c1. The molecular weight excluding hydrogens is 432 g/mol. The van der Waals surface area contributed by atoms with Gasteiger partial charge in [-0.2, -0.15) is 0 Å². The Hall–Kier alpha value is -3.40. The van der Waals surface area contributed by atoms with Gasteiger partial charge >= 0.3 is 0 Å². The molecule has 3 aromatic rings. The monoisotopic (exact) mass is 456 g/mol. The molecule has 1 N–H and O–H groups in total. The molecule has 0 spiro atoms. The predicted octanol–water partition coefficient (Wildman–Crippen LogP) is 2.66. The summed E-state index contributed by atoms with van der Waals surface area (Å²) in [4.78, 5) is 45.5. The minimum Gasteiger partial charge on any atom is -0.497 e. The molecule has 1 aromatic carbocycles. The minimum absolute atomic E-state index is 0.0539. The van der Waals surface area contributed by atoms with Crippen LogP contribution in [0.4, 0.5) is 5.69 Å². The molecule has 9 nitrogen and oxygen atoms in total. The fraction of sp³-hybridized carbons (Fsp3) is 0.364. The molecule has 1 saturated heterocycles. The summed E-state index contributed by atoms with van der Waals surface area (Å²) in [5.74, 6) is 0.597. The zero-order valence-corrected chi connectivity index (χ0v) is 19.0. The Morgan fingerprint density at radius 2 is 1.94 bits per heavy atom. The number of hydrogen-bond acceptors (Lipinski definition) is 7. The molecule has 0 radical (unpaired) electrons. The Balaban J connectivity index is 1.62. The highest BCUT2D eigenvalue weighted by Crippen LogP contribution is 2.32. The van der Waals surface area contributed by atoms with Gasteiger partial charge < -0.3 is 19.7 Å². The molecule has 2 amide bonds. The summed E-state index contributed by atoms with van der Waals surface area (Å²) in [6, 6.07) is 5.08. The van der Waals surface area contributed by atoms with Crippen LogP contribution in [-0.4, -0.2) is 53.6 Å². The first-order chi connectivity index (χ1) is 15.4. The molecular formula is C22H24N4O5S. The summed E-state index contributed by atoms with van der Waals surface area (Å²) in [5, 5.41) is 3.19. The molecule has 3 heterocycles. The Morgan fingerprint density at radius 3 is 2.62 bits per heavy atom. The quantitative estimate of drug-likeness (QED) is 0.612. The molecule has 0 unspecified atom stereocenters. The number of fused-ring (bicyclic) bond motifs is 1. The lowest BCUT2D eigenvalue weighted by atomic mass is 10.2. The summed E-state index contributed by atoms with van der Waals surface area (Å²) in [6.45, 7) is 3.11. The van der Waals surface area contributed by atoms with Gasteiger partial charge in [-0.05, 0) is 37.5 Å². The Labute approximate surface area is 188 Å². The maximum Gasteiger partial charge on any atom is 0.266 e. The van der Waals surface area contributed by atoms with Crippen molar-refractivity contribution in [1.29, 1.82) is 0 Å². The van der Waals surface area contributed by atoms with Crippen molar-refractivity contribution in [2.75, 3.05) is 32.6 Å². The van der Waals surface area contributed by atoms with Gasteiger partial charge in [0.15, 0.2) is 0 Å². The van der Waals surface area contributed by atoms with Gasteiger partial charge in [0.2, 0.25) is 5.91 Å². The number of benzene rings is 1. The van der Waals surface area contributed by atoms with Crippen molar-refractivity contribution in [3.63, 3.8) is 0 Å². The van der Waals surface area contributed by atoms with Gasteiger partial charge in [0.1, 0.15) is 22.9 Å². The lowest BCUT2D eigenvalue weighted by Crippen LogP contribution is -2.34. The number of aromatic nitrogens is 2. The first kappa shape index (κ1) is 21.8. The third kappa shape index (κ3) is 4.05. The molecule has 32 heavy (non-hydrogen) atoms. The second-order valence-electron chi connectivity index (χ2n) is 7.52. The number of rotatable bonds is 6. The smallest absolute Gasteiger partial charge is 0.266 e. The molecule has 4 rings (SSSR count). The van der Waals surface area contributed by atoms with Crippen LogP contribution in [0.3, 0.4) is 0 Å². The van der Waals surface area contributed by atoms with Crippen LogP contribution >= 0.6 is 11.3 Å². The Morgan fingerprint density at radius 1 is 1.19 bits per heavy atom. The van der Waals surface area contributed by atoms with Crippen LogP contribution in [-0.2, 0) is 11.3 Å². The van der Waals surface area contributed by atoms with Gasteiger partial charge in [-0.15, -0.1) is 11.3 Å². The van der Waals surface area contributed by atoms with Crippen molar-refractivity contribution in [3.8, 4) is 11.5 Å². The van der Waals surface area contributed by atoms with E-state index < -0.39 is 0 Å². The topological polar surface area (TPSA) is 103 Å². The lowest BCUT2D eigenvalue weighted by Gasteiger charge is -2.15. The summed E-state index contributed by atoms with van der Waals surface area (Å²) >= 11 is 1.14. The van der Waals surface area contributed by atoms with E-state index in [0.717, 1.165) is 37.3 Å². The summed E-state index contributed by atoms with van der Waals surface area (Å²) < 4.78 is 11.8. The first-order valence-electron chi connectivity index (χ1n) is 10.2. The van der Waals surface area contributed by atoms with Crippen molar-refractivity contribution >= 4 is 39.1 Å². The molecule has 0 atom stereocenters. The van der Waals surface area contributed by atoms with Crippen molar-refractivity contribution in [2.24, 2.45) is 0 Å². The number of likely N-dealkylation sites (tertiary alicyclic amines) is 1. The maximum atomic E-state index is 13.1. The predicted molar refractivity (Wildman–Crippen MR) is 122 cm³/mol. The second-order valence-corrected chi connectivity index (χ2v) is 8.52. The molecule has 2 aromatic heterocycles. The Kier molecular flexibility index (Phi) is 6.13. The van der Waals surface area contributed by atoms with E-state index in [9.17, 15) is 14.4 Å². The maximum absolute atomic E-state index is 13.1. The molecule has 168 valence electrons. The van der Waals surface area contributed by atoms with E-state index in [1.54, 1.807) is 37.1 Å². The van der Waals surface area contributed by atoms with Gasteiger partial charge in [0.05, 0.1) is 36.5 Å². The summed E-state index contributed by atoms with van der Waals surface area (Å²) in [7, 11) is 3.05. The third-order valence-corrected chi connectivity index (χ3v) is 6.74. The third-order valence-electron chi connectivity index (χ3n) is 5.54. The number of carbonyl (C=O) groups is 2. The number of ether oxygens (including phenoxy) is 2. The van der Waals surface area contributed by atoms with Crippen LogP contribution < -0.4 is 20.3 Å². The lowest BCUT2D eigenvalue weighted by molar-refractivity contribution is -0.130. The van der Waals surface area contributed by atoms with E-state index >= 15 is 0 Å². The Bertz CT molecular complexity index is 1240. The van der Waals surface area contributed by atoms with Crippen LogP contribution in [0.1, 0.15) is 28.1 Å². The fourth-order valence-electron chi connectivity index (χ4n) is 3.78. The van der Waals surface area contributed by atoms with E-state index in [1.165, 1.54) is 18.0 Å². The number of hydrogen-bond donors (Lipinski definition) is 1. The molecule has 1 aliphatic heterocycles. The normalized spacial score (nSPS) is 13.4. The van der Waals surface area contributed by atoms with E-state index in [1.807, 2.05) is 0 Å². The number of nitrogens with zero attached hydrogens (tertiary/aromatic N) is 3. The highest BCUT2D eigenvalue weighted by molar-refractivity contribution is 7.20. The molecule has 1 fully saturated rings. The number of aryl methyl sites for hydroxylation is 1. The van der Waals surface area contributed by atoms with Crippen LogP contribution in [0.2, 0.25) is 0 Å². The number of methoxy groups -OCH3 is 2. The molecule has 10 heteroatoms. The number of thiophene rings is 1.